The standard InChI is InChI=1S/C25H31ClFN7O3/c1-36-22-15-21-18(25(30-16-29-21)31-17-3-4-20(27)19(26)13-17)14-23(22)37-12-2-6-33-8-10-34(11-9-33)7-5-24(35)32-28/h3-4,13-16H,2,5-12,28H2,1H3,(H,32,35)(H,29,30,31). The van der Waals surface area contributed by atoms with Crippen molar-refractivity contribution < 1.29 is 18.7 Å². The van der Waals surface area contributed by atoms with Crippen LogP contribution in [0.5, 0.6) is 11.5 Å². The van der Waals surface area contributed by atoms with Gasteiger partial charge in [-0.2, -0.15) is 0 Å². The molecule has 4 N–H and O–H groups in total. The van der Waals surface area contributed by atoms with Gasteiger partial charge < -0.3 is 24.6 Å². The number of halogens is 2. The maximum Gasteiger partial charge on any atom is 0.235 e. The van der Waals surface area contributed by atoms with E-state index >= 15 is 0 Å². The number of benzene rings is 2. The van der Waals surface area contributed by atoms with Gasteiger partial charge in [0.25, 0.3) is 0 Å². The summed E-state index contributed by atoms with van der Waals surface area (Å²) in [6.45, 7) is 5.89. The highest BCUT2D eigenvalue weighted by Gasteiger charge is 2.17. The smallest absolute Gasteiger partial charge is 0.235 e. The number of methoxy groups -OCH3 is 1. The van der Waals surface area contributed by atoms with Gasteiger partial charge in [0, 0.05) is 62.8 Å². The lowest BCUT2D eigenvalue weighted by Gasteiger charge is -2.34. The van der Waals surface area contributed by atoms with Gasteiger partial charge in [-0.15, -0.1) is 0 Å². The second-order valence-electron chi connectivity index (χ2n) is 8.70. The minimum Gasteiger partial charge on any atom is -0.493 e. The monoisotopic (exact) mass is 531 g/mol. The Morgan fingerprint density at radius 3 is 2.57 bits per heavy atom. The molecule has 2 aromatic carbocycles. The molecule has 1 saturated heterocycles. The number of aromatic nitrogens is 2. The number of nitrogens with one attached hydrogen (secondary N) is 2. The van der Waals surface area contributed by atoms with Gasteiger partial charge in [-0.1, -0.05) is 11.6 Å². The van der Waals surface area contributed by atoms with Gasteiger partial charge in [-0.05, 0) is 30.7 Å². The Morgan fingerprint density at radius 1 is 1.11 bits per heavy atom. The average molecular weight is 532 g/mol. The first-order valence-corrected chi connectivity index (χ1v) is 12.5. The quantitative estimate of drug-likeness (QED) is 0.148. The van der Waals surface area contributed by atoms with Gasteiger partial charge in [0.1, 0.15) is 18.0 Å². The zero-order chi connectivity index (χ0) is 26.2. The Balaban J connectivity index is 1.34. The summed E-state index contributed by atoms with van der Waals surface area (Å²) >= 11 is 5.92. The minimum atomic E-state index is -0.487. The van der Waals surface area contributed by atoms with E-state index in [-0.39, 0.29) is 10.9 Å². The first-order chi connectivity index (χ1) is 18.0. The maximum atomic E-state index is 13.5. The highest BCUT2D eigenvalue weighted by Crippen LogP contribution is 2.35. The van der Waals surface area contributed by atoms with Crippen molar-refractivity contribution in [3.63, 3.8) is 0 Å². The molecule has 12 heteroatoms. The topological polar surface area (TPSA) is 118 Å². The molecular weight excluding hydrogens is 501 g/mol. The molecule has 0 bridgehead atoms. The molecule has 0 saturated carbocycles. The number of amides is 1. The molecule has 37 heavy (non-hydrogen) atoms. The Labute approximate surface area is 219 Å². The summed E-state index contributed by atoms with van der Waals surface area (Å²) in [6, 6.07) is 8.04. The predicted octanol–water partition coefficient (Wildman–Crippen LogP) is 2.94. The van der Waals surface area contributed by atoms with Gasteiger partial charge in [-0.25, -0.2) is 20.2 Å². The molecule has 4 rings (SSSR count). The van der Waals surface area contributed by atoms with Gasteiger partial charge >= 0.3 is 0 Å². The Morgan fingerprint density at radius 2 is 1.86 bits per heavy atom. The Kier molecular flexibility index (Phi) is 9.29. The Hall–Kier alpha value is -3.25. The molecule has 2 heterocycles. The summed E-state index contributed by atoms with van der Waals surface area (Å²) in [7, 11) is 1.59. The number of anilines is 2. The number of nitrogens with two attached hydrogens (primary N) is 1. The number of hydrogen-bond acceptors (Lipinski definition) is 9. The molecule has 1 aliphatic rings. The second-order valence-corrected chi connectivity index (χ2v) is 9.11. The molecule has 1 fully saturated rings. The van der Waals surface area contributed by atoms with Crippen molar-refractivity contribution in [3.8, 4) is 11.5 Å². The molecule has 0 unspecified atom stereocenters. The van der Waals surface area contributed by atoms with Crippen LogP contribution in [0, 0.1) is 5.82 Å². The third kappa shape index (κ3) is 7.16. The molecule has 10 nitrogen and oxygen atoms in total. The average Bonchev–Trinajstić information content (AvgIpc) is 2.92. The molecule has 1 aliphatic heterocycles. The molecule has 0 spiro atoms. The van der Waals surface area contributed by atoms with E-state index in [4.69, 9.17) is 26.9 Å². The van der Waals surface area contributed by atoms with Crippen LogP contribution in [0.25, 0.3) is 10.9 Å². The fourth-order valence-electron chi connectivity index (χ4n) is 4.19. The predicted molar refractivity (Wildman–Crippen MR) is 141 cm³/mol. The summed E-state index contributed by atoms with van der Waals surface area (Å²) in [6.07, 6.45) is 2.71. The van der Waals surface area contributed by atoms with Crippen molar-refractivity contribution in [2.45, 2.75) is 12.8 Å². The molecular formula is C25H31ClFN7O3. The van der Waals surface area contributed by atoms with Gasteiger partial charge in [-0.3, -0.25) is 10.2 Å². The van der Waals surface area contributed by atoms with E-state index < -0.39 is 5.82 Å². The lowest BCUT2D eigenvalue weighted by molar-refractivity contribution is -0.121. The molecule has 0 aliphatic carbocycles. The molecule has 0 radical (unpaired) electrons. The van der Waals surface area contributed by atoms with E-state index in [0.717, 1.165) is 51.1 Å². The van der Waals surface area contributed by atoms with Crippen molar-refractivity contribution in [2.24, 2.45) is 5.84 Å². The van der Waals surface area contributed by atoms with Crippen LogP contribution in [0.1, 0.15) is 12.8 Å². The number of rotatable bonds is 11. The fourth-order valence-corrected chi connectivity index (χ4v) is 4.37. The minimum absolute atomic E-state index is 0.0227. The van der Waals surface area contributed by atoms with Gasteiger partial charge in [0.15, 0.2) is 11.5 Å². The van der Waals surface area contributed by atoms with E-state index in [9.17, 15) is 9.18 Å². The van der Waals surface area contributed by atoms with Crippen LogP contribution >= 0.6 is 11.6 Å². The number of piperazine rings is 1. The number of carbonyl (C=O) groups excluding carboxylic acids is 1. The zero-order valence-electron chi connectivity index (χ0n) is 20.7. The van der Waals surface area contributed by atoms with E-state index in [1.165, 1.54) is 18.5 Å². The van der Waals surface area contributed by atoms with Gasteiger partial charge in [0.05, 0.1) is 24.3 Å². The maximum absolute atomic E-state index is 13.5. The molecule has 1 aromatic heterocycles. The van der Waals surface area contributed by atoms with Gasteiger partial charge in [0.2, 0.25) is 5.91 Å². The highest BCUT2D eigenvalue weighted by molar-refractivity contribution is 6.31. The first kappa shape index (κ1) is 26.8. The van der Waals surface area contributed by atoms with Crippen LogP contribution in [0.2, 0.25) is 5.02 Å². The normalized spacial score (nSPS) is 14.5. The number of hydrazine groups is 1. The first-order valence-electron chi connectivity index (χ1n) is 12.1. The van der Waals surface area contributed by atoms with Crippen LogP contribution in [-0.4, -0.2) is 78.7 Å². The van der Waals surface area contributed by atoms with E-state index in [1.54, 1.807) is 19.2 Å². The number of fused-ring (bicyclic) bond motifs is 1. The van der Waals surface area contributed by atoms with Crippen molar-refractivity contribution in [2.75, 3.05) is 58.3 Å². The second kappa shape index (κ2) is 12.8. The number of carbonyl (C=O) groups is 1. The summed E-state index contributed by atoms with van der Waals surface area (Å²) < 4.78 is 25.2. The number of nitrogens with zero attached hydrogens (tertiary/aromatic N) is 4. The van der Waals surface area contributed by atoms with Crippen molar-refractivity contribution in [1.82, 2.24) is 25.2 Å². The van der Waals surface area contributed by atoms with Crippen LogP contribution in [0.15, 0.2) is 36.7 Å². The van der Waals surface area contributed by atoms with Crippen LogP contribution in [0.4, 0.5) is 15.9 Å². The summed E-state index contributed by atoms with van der Waals surface area (Å²) in [5, 5.41) is 3.93. The molecule has 1 amide bonds. The van der Waals surface area contributed by atoms with E-state index in [2.05, 4.69) is 30.5 Å². The lowest BCUT2D eigenvalue weighted by Crippen LogP contribution is -2.47. The highest BCUT2D eigenvalue weighted by atomic mass is 35.5. The third-order valence-corrected chi connectivity index (χ3v) is 6.55. The number of ether oxygens (including phenoxy) is 2. The summed E-state index contributed by atoms with van der Waals surface area (Å²) in [4.78, 5) is 24.7. The van der Waals surface area contributed by atoms with Crippen molar-refractivity contribution in [3.05, 3.63) is 47.5 Å². The largest absolute Gasteiger partial charge is 0.493 e. The summed E-state index contributed by atoms with van der Waals surface area (Å²) in [5.41, 5.74) is 3.45. The van der Waals surface area contributed by atoms with E-state index in [0.29, 0.717) is 41.5 Å². The van der Waals surface area contributed by atoms with Crippen LogP contribution in [-0.2, 0) is 4.79 Å². The Bertz CT molecular complexity index is 1220. The SMILES string of the molecule is COc1cc2ncnc(Nc3ccc(F)c(Cl)c3)c2cc1OCCCN1CCN(CCC(=O)NN)CC1. The zero-order valence-corrected chi connectivity index (χ0v) is 21.4. The van der Waals surface area contributed by atoms with Crippen molar-refractivity contribution in [1.29, 1.82) is 0 Å². The molecule has 0 atom stereocenters. The number of hydrogen-bond donors (Lipinski definition) is 3. The van der Waals surface area contributed by atoms with E-state index in [1.807, 2.05) is 6.07 Å². The summed E-state index contributed by atoms with van der Waals surface area (Å²) in [5.74, 6) is 6.23. The van der Waals surface area contributed by atoms with Crippen LogP contribution < -0.4 is 26.1 Å². The van der Waals surface area contributed by atoms with Crippen molar-refractivity contribution >= 4 is 39.9 Å². The molecule has 3 aromatic rings. The fraction of sp³-hybridized carbons (Fsp3) is 0.400. The van der Waals surface area contributed by atoms with Crippen LogP contribution in [0.3, 0.4) is 0 Å². The molecule has 198 valence electrons. The third-order valence-electron chi connectivity index (χ3n) is 6.26. The lowest BCUT2D eigenvalue weighted by atomic mass is 10.2.